The molecular formula is C20H24N2O3S. The number of hydrogen-bond donors (Lipinski definition) is 2. The fourth-order valence-corrected chi connectivity index (χ4v) is 3.74. The highest BCUT2D eigenvalue weighted by atomic mass is 32.2. The van der Waals surface area contributed by atoms with Crippen LogP contribution in [0.1, 0.15) is 37.8 Å². The zero-order valence-electron chi connectivity index (χ0n) is 15.2. The van der Waals surface area contributed by atoms with E-state index in [-0.39, 0.29) is 11.8 Å². The van der Waals surface area contributed by atoms with Crippen LogP contribution in [0.3, 0.4) is 0 Å². The predicted molar refractivity (Wildman–Crippen MR) is 105 cm³/mol. The molecular weight excluding hydrogens is 348 g/mol. The number of nitrogens with one attached hydrogen (secondary N) is 2. The zero-order valence-corrected chi connectivity index (χ0v) is 16.1. The summed E-state index contributed by atoms with van der Waals surface area (Å²) in [5.74, 6) is 0.113. The van der Waals surface area contributed by atoms with E-state index in [0.29, 0.717) is 13.0 Å². The molecule has 0 fully saturated rings. The summed E-state index contributed by atoms with van der Waals surface area (Å²) in [6.07, 6.45) is 0.443. The van der Waals surface area contributed by atoms with Gasteiger partial charge in [0.15, 0.2) is 0 Å². The SMILES string of the molecule is CC(C)S(=O)(=O)NC[C@@H](C)c1ccc(-c2ccc3c(c2)NC(=O)C3)cc1. The zero-order chi connectivity index (χ0) is 18.9. The van der Waals surface area contributed by atoms with Crippen molar-refractivity contribution in [3.63, 3.8) is 0 Å². The van der Waals surface area contributed by atoms with E-state index in [0.717, 1.165) is 27.9 Å². The standard InChI is InChI=1S/C20H24N2O3S/c1-13(2)26(24,25)21-12-14(3)15-4-6-16(7-5-15)17-8-9-18-11-20(23)22-19(18)10-17/h4-10,13-14,21H,11-12H2,1-3H3,(H,22,23)/t14-/m1/s1. The van der Waals surface area contributed by atoms with Crippen LogP contribution in [-0.2, 0) is 21.2 Å². The minimum absolute atomic E-state index is 0.0326. The molecule has 0 aliphatic carbocycles. The Balaban J connectivity index is 1.71. The lowest BCUT2D eigenvalue weighted by Gasteiger charge is -2.15. The molecule has 3 rings (SSSR count). The van der Waals surface area contributed by atoms with Crippen LogP contribution in [0.2, 0.25) is 0 Å². The molecule has 138 valence electrons. The molecule has 1 heterocycles. The fraction of sp³-hybridized carbons (Fsp3) is 0.350. The number of hydrogen-bond acceptors (Lipinski definition) is 3. The molecule has 2 aromatic rings. The van der Waals surface area contributed by atoms with E-state index in [1.54, 1.807) is 13.8 Å². The maximum Gasteiger partial charge on any atom is 0.228 e. The number of amides is 1. The Labute approximate surface area is 154 Å². The van der Waals surface area contributed by atoms with E-state index in [9.17, 15) is 13.2 Å². The average Bonchev–Trinajstić information content (AvgIpc) is 2.99. The van der Waals surface area contributed by atoms with Crippen molar-refractivity contribution in [2.45, 2.75) is 38.4 Å². The van der Waals surface area contributed by atoms with Crippen LogP contribution in [-0.4, -0.2) is 26.1 Å². The topological polar surface area (TPSA) is 75.3 Å². The van der Waals surface area contributed by atoms with E-state index < -0.39 is 15.3 Å². The maximum absolute atomic E-state index is 11.9. The Hall–Kier alpha value is -2.18. The summed E-state index contributed by atoms with van der Waals surface area (Å²) in [5, 5.41) is 2.44. The van der Waals surface area contributed by atoms with Gasteiger partial charge in [-0.25, -0.2) is 13.1 Å². The largest absolute Gasteiger partial charge is 0.326 e. The monoisotopic (exact) mass is 372 g/mol. The van der Waals surface area contributed by atoms with Gasteiger partial charge in [0.1, 0.15) is 0 Å². The van der Waals surface area contributed by atoms with Gasteiger partial charge in [0.2, 0.25) is 15.9 Å². The van der Waals surface area contributed by atoms with Crippen LogP contribution >= 0.6 is 0 Å². The number of fused-ring (bicyclic) bond motifs is 1. The molecule has 5 nitrogen and oxygen atoms in total. The van der Waals surface area contributed by atoms with Crippen molar-refractivity contribution < 1.29 is 13.2 Å². The third-order valence-corrected chi connectivity index (χ3v) is 6.57. The number of carbonyl (C=O) groups is 1. The lowest BCUT2D eigenvalue weighted by Crippen LogP contribution is -2.33. The van der Waals surface area contributed by atoms with Crippen molar-refractivity contribution in [3.05, 3.63) is 53.6 Å². The van der Waals surface area contributed by atoms with Gasteiger partial charge < -0.3 is 5.32 Å². The highest BCUT2D eigenvalue weighted by molar-refractivity contribution is 7.90. The molecule has 2 N–H and O–H groups in total. The van der Waals surface area contributed by atoms with Gasteiger partial charge in [-0.2, -0.15) is 0 Å². The van der Waals surface area contributed by atoms with Gasteiger partial charge >= 0.3 is 0 Å². The van der Waals surface area contributed by atoms with Crippen molar-refractivity contribution in [1.82, 2.24) is 4.72 Å². The van der Waals surface area contributed by atoms with Crippen LogP contribution in [0.25, 0.3) is 11.1 Å². The number of sulfonamides is 1. The second kappa shape index (κ2) is 7.21. The predicted octanol–water partition coefficient (Wildman–Crippen LogP) is 3.28. The van der Waals surface area contributed by atoms with E-state index in [1.807, 2.05) is 49.4 Å². The van der Waals surface area contributed by atoms with Crippen LogP contribution < -0.4 is 10.0 Å². The fourth-order valence-electron chi connectivity index (χ4n) is 2.92. The molecule has 6 heteroatoms. The highest BCUT2D eigenvalue weighted by Gasteiger charge is 2.18. The lowest BCUT2D eigenvalue weighted by atomic mass is 9.97. The summed E-state index contributed by atoms with van der Waals surface area (Å²) in [5.41, 5.74) is 5.10. The Morgan fingerprint density at radius 2 is 1.69 bits per heavy atom. The quantitative estimate of drug-likeness (QED) is 0.817. The third-order valence-electron chi connectivity index (χ3n) is 4.76. The second-order valence-corrected chi connectivity index (χ2v) is 9.38. The van der Waals surface area contributed by atoms with Crippen LogP contribution in [0.4, 0.5) is 5.69 Å². The summed E-state index contributed by atoms with van der Waals surface area (Å²) in [6.45, 7) is 5.72. The Kier molecular flexibility index (Phi) is 5.16. The average molecular weight is 372 g/mol. The van der Waals surface area contributed by atoms with Gasteiger partial charge in [-0.1, -0.05) is 43.3 Å². The van der Waals surface area contributed by atoms with Gasteiger partial charge in [-0.15, -0.1) is 0 Å². The van der Waals surface area contributed by atoms with Gasteiger partial charge in [0, 0.05) is 12.2 Å². The third kappa shape index (κ3) is 3.97. The molecule has 2 aromatic carbocycles. The Bertz CT molecular complexity index is 919. The maximum atomic E-state index is 11.9. The van der Waals surface area contributed by atoms with E-state index in [1.165, 1.54) is 0 Å². The minimum Gasteiger partial charge on any atom is -0.326 e. The first kappa shape index (κ1) is 18.6. The smallest absolute Gasteiger partial charge is 0.228 e. The second-order valence-electron chi connectivity index (χ2n) is 7.06. The molecule has 0 spiro atoms. The molecule has 1 atom stereocenters. The molecule has 0 bridgehead atoms. The van der Waals surface area contributed by atoms with E-state index >= 15 is 0 Å². The minimum atomic E-state index is -3.25. The number of rotatable bonds is 6. The number of anilines is 1. The number of carbonyl (C=O) groups excluding carboxylic acids is 1. The molecule has 0 saturated carbocycles. The molecule has 26 heavy (non-hydrogen) atoms. The summed E-state index contributed by atoms with van der Waals surface area (Å²) >= 11 is 0. The Morgan fingerprint density at radius 1 is 1.04 bits per heavy atom. The molecule has 0 aromatic heterocycles. The van der Waals surface area contributed by atoms with Crippen molar-refractivity contribution in [3.8, 4) is 11.1 Å². The first-order chi connectivity index (χ1) is 12.3. The molecule has 0 saturated heterocycles. The first-order valence-electron chi connectivity index (χ1n) is 8.78. The van der Waals surface area contributed by atoms with Gasteiger partial charge in [-0.05, 0) is 48.1 Å². The normalized spacial score (nSPS) is 15.0. The van der Waals surface area contributed by atoms with Gasteiger partial charge in [0.05, 0.1) is 11.7 Å². The summed E-state index contributed by atoms with van der Waals surface area (Å²) in [7, 11) is -3.25. The summed E-state index contributed by atoms with van der Waals surface area (Å²) in [4.78, 5) is 11.5. The van der Waals surface area contributed by atoms with E-state index in [2.05, 4.69) is 10.0 Å². The van der Waals surface area contributed by atoms with Crippen LogP contribution in [0, 0.1) is 0 Å². The first-order valence-corrected chi connectivity index (χ1v) is 10.3. The summed E-state index contributed by atoms with van der Waals surface area (Å²) < 4.78 is 26.4. The Morgan fingerprint density at radius 3 is 2.35 bits per heavy atom. The lowest BCUT2D eigenvalue weighted by molar-refractivity contribution is -0.115. The van der Waals surface area contributed by atoms with Crippen LogP contribution in [0.5, 0.6) is 0 Å². The van der Waals surface area contributed by atoms with Crippen molar-refractivity contribution in [2.75, 3.05) is 11.9 Å². The molecule has 0 unspecified atom stereocenters. The van der Waals surface area contributed by atoms with E-state index in [4.69, 9.17) is 0 Å². The summed E-state index contributed by atoms with van der Waals surface area (Å²) in [6, 6.07) is 14.1. The highest BCUT2D eigenvalue weighted by Crippen LogP contribution is 2.30. The van der Waals surface area contributed by atoms with Gasteiger partial charge in [0.25, 0.3) is 0 Å². The van der Waals surface area contributed by atoms with Crippen molar-refractivity contribution in [1.29, 1.82) is 0 Å². The van der Waals surface area contributed by atoms with Crippen molar-refractivity contribution >= 4 is 21.6 Å². The molecule has 0 radical (unpaired) electrons. The van der Waals surface area contributed by atoms with Crippen molar-refractivity contribution in [2.24, 2.45) is 0 Å². The van der Waals surface area contributed by atoms with Crippen LogP contribution in [0.15, 0.2) is 42.5 Å². The van der Waals surface area contributed by atoms with Gasteiger partial charge in [-0.3, -0.25) is 4.79 Å². The molecule has 1 aliphatic rings. The number of benzene rings is 2. The molecule has 1 aliphatic heterocycles. The molecule has 1 amide bonds.